The van der Waals surface area contributed by atoms with E-state index in [4.69, 9.17) is 12.2 Å². The molecule has 1 aromatic carbocycles. The maximum atomic E-state index is 12.4. The topological polar surface area (TPSA) is 84.3 Å². The lowest BCUT2D eigenvalue weighted by molar-refractivity contribution is 0.741. The molecular weight excluding hydrogens is 336 g/mol. The van der Waals surface area contributed by atoms with Crippen molar-refractivity contribution in [2.45, 2.75) is 13.5 Å². The Morgan fingerprint density at radius 1 is 1.20 bits per heavy atom. The molecule has 126 valence electrons. The Labute approximate surface area is 148 Å². The average molecular weight is 352 g/mol. The number of hydrogen-bond acceptors (Lipinski definition) is 4. The van der Waals surface area contributed by atoms with Gasteiger partial charge in [0.25, 0.3) is 0 Å². The minimum Gasteiger partial charge on any atom is -0.333 e. The lowest BCUT2D eigenvalue weighted by atomic mass is 10.2. The number of hydrogen-bond donors (Lipinski definition) is 2. The van der Waals surface area contributed by atoms with Crippen molar-refractivity contribution in [1.82, 2.24) is 29.3 Å². The number of aryl methyl sites for hydroxylation is 2. The fourth-order valence-electron chi connectivity index (χ4n) is 2.75. The molecule has 0 aliphatic rings. The zero-order chi connectivity index (χ0) is 17.6. The Morgan fingerprint density at radius 2 is 1.96 bits per heavy atom. The molecule has 7 nitrogen and oxygen atoms in total. The normalized spacial score (nSPS) is 11.3. The molecule has 3 aromatic heterocycles. The molecule has 0 fully saturated rings. The zero-order valence-electron chi connectivity index (χ0n) is 13.8. The minimum atomic E-state index is -0.281. The summed E-state index contributed by atoms with van der Waals surface area (Å²) in [4.78, 5) is 22.9. The van der Waals surface area contributed by atoms with Gasteiger partial charge in [-0.25, -0.2) is 9.78 Å². The van der Waals surface area contributed by atoms with Gasteiger partial charge < -0.3 is 4.98 Å². The number of benzene rings is 1. The fourth-order valence-corrected chi connectivity index (χ4v) is 2.98. The van der Waals surface area contributed by atoms with Gasteiger partial charge >= 0.3 is 5.69 Å². The van der Waals surface area contributed by atoms with Gasteiger partial charge in [0.1, 0.15) is 15.9 Å². The quantitative estimate of drug-likeness (QED) is 0.555. The van der Waals surface area contributed by atoms with Crippen molar-refractivity contribution in [1.29, 1.82) is 0 Å². The number of imidazole rings is 1. The first-order chi connectivity index (χ1) is 12.0. The van der Waals surface area contributed by atoms with Crippen LogP contribution in [-0.2, 0) is 13.6 Å². The summed E-state index contributed by atoms with van der Waals surface area (Å²) in [5.41, 5.74) is 3.61. The van der Waals surface area contributed by atoms with Crippen LogP contribution in [0.4, 0.5) is 0 Å². The molecule has 4 rings (SSSR count). The largest absolute Gasteiger partial charge is 0.333 e. The second-order valence-electron chi connectivity index (χ2n) is 5.91. The van der Waals surface area contributed by atoms with E-state index in [0.29, 0.717) is 33.9 Å². The first-order valence-corrected chi connectivity index (χ1v) is 8.21. The third-order valence-corrected chi connectivity index (χ3v) is 4.48. The molecule has 0 saturated heterocycles. The number of fused-ring (bicyclic) bond motifs is 1. The molecule has 8 heteroatoms. The zero-order valence-corrected chi connectivity index (χ0v) is 14.6. The van der Waals surface area contributed by atoms with Gasteiger partial charge in [0, 0.05) is 12.7 Å². The van der Waals surface area contributed by atoms with Gasteiger partial charge in [-0.05, 0) is 18.6 Å². The Bertz CT molecular complexity index is 1160. The Hall–Kier alpha value is -3.00. The Balaban J connectivity index is 1.91. The van der Waals surface area contributed by atoms with Gasteiger partial charge in [0.15, 0.2) is 11.5 Å². The average Bonchev–Trinajstić information content (AvgIpc) is 3.17. The van der Waals surface area contributed by atoms with Crippen LogP contribution in [0.1, 0.15) is 11.3 Å². The molecule has 0 spiro atoms. The van der Waals surface area contributed by atoms with E-state index >= 15 is 0 Å². The maximum Gasteiger partial charge on any atom is 0.328 e. The number of aromatic nitrogens is 6. The van der Waals surface area contributed by atoms with E-state index < -0.39 is 0 Å². The van der Waals surface area contributed by atoms with Crippen LogP contribution in [0.25, 0.3) is 22.7 Å². The Morgan fingerprint density at radius 3 is 2.64 bits per heavy atom. The van der Waals surface area contributed by atoms with E-state index in [0.717, 1.165) is 11.3 Å². The molecule has 0 bridgehead atoms. The van der Waals surface area contributed by atoms with E-state index in [-0.39, 0.29) is 5.69 Å². The molecule has 0 unspecified atom stereocenters. The maximum absolute atomic E-state index is 12.4. The summed E-state index contributed by atoms with van der Waals surface area (Å²) in [6, 6.07) is 11.7. The molecule has 0 saturated carbocycles. The molecule has 4 aromatic rings. The van der Waals surface area contributed by atoms with Crippen molar-refractivity contribution in [3.8, 4) is 11.5 Å². The number of nitrogens with one attached hydrogen (secondary N) is 2. The summed E-state index contributed by atoms with van der Waals surface area (Å²) in [6.07, 6.45) is 0. The third-order valence-electron chi connectivity index (χ3n) is 4.17. The van der Waals surface area contributed by atoms with Crippen molar-refractivity contribution in [2.75, 3.05) is 0 Å². The first kappa shape index (κ1) is 15.5. The van der Waals surface area contributed by atoms with Crippen LogP contribution >= 0.6 is 12.2 Å². The smallest absolute Gasteiger partial charge is 0.328 e. The predicted octanol–water partition coefficient (Wildman–Crippen LogP) is 2.54. The second-order valence-corrected chi connectivity index (χ2v) is 6.32. The lowest BCUT2D eigenvalue weighted by Gasteiger charge is -2.06. The molecule has 0 aliphatic heterocycles. The molecule has 0 amide bonds. The van der Waals surface area contributed by atoms with Crippen LogP contribution in [0.2, 0.25) is 0 Å². The van der Waals surface area contributed by atoms with Crippen LogP contribution in [0.15, 0.2) is 41.2 Å². The summed E-state index contributed by atoms with van der Waals surface area (Å²) in [6.45, 7) is 2.38. The number of aromatic amines is 2. The SMILES string of the molecule is Cc1cc(-c2nc3c([nH]2)c(=S)[nH]c(=O)n3Cc2ccccc2)nn1C. The van der Waals surface area contributed by atoms with E-state index in [9.17, 15) is 4.79 Å². The molecule has 0 atom stereocenters. The summed E-state index contributed by atoms with van der Waals surface area (Å²) < 4.78 is 3.70. The summed E-state index contributed by atoms with van der Waals surface area (Å²) in [7, 11) is 1.87. The number of rotatable bonds is 3. The van der Waals surface area contributed by atoms with Crippen LogP contribution in [0.5, 0.6) is 0 Å². The highest BCUT2D eigenvalue weighted by atomic mass is 32.1. The summed E-state index contributed by atoms with van der Waals surface area (Å²) in [5.74, 6) is 0.589. The minimum absolute atomic E-state index is 0.281. The molecule has 0 aliphatic carbocycles. The van der Waals surface area contributed by atoms with Crippen molar-refractivity contribution in [2.24, 2.45) is 7.05 Å². The van der Waals surface area contributed by atoms with Crippen LogP contribution < -0.4 is 5.69 Å². The highest BCUT2D eigenvalue weighted by Gasteiger charge is 2.15. The van der Waals surface area contributed by atoms with Gasteiger partial charge in [0.05, 0.1) is 6.54 Å². The highest BCUT2D eigenvalue weighted by Crippen LogP contribution is 2.20. The molecular formula is C17H16N6OS. The van der Waals surface area contributed by atoms with Gasteiger partial charge in [-0.15, -0.1) is 0 Å². The van der Waals surface area contributed by atoms with E-state index in [1.54, 1.807) is 9.25 Å². The van der Waals surface area contributed by atoms with Crippen molar-refractivity contribution in [3.63, 3.8) is 0 Å². The van der Waals surface area contributed by atoms with Crippen LogP contribution in [0.3, 0.4) is 0 Å². The molecule has 2 N–H and O–H groups in total. The number of nitrogens with zero attached hydrogens (tertiary/aromatic N) is 4. The predicted molar refractivity (Wildman–Crippen MR) is 98.0 cm³/mol. The first-order valence-electron chi connectivity index (χ1n) is 7.80. The lowest BCUT2D eigenvalue weighted by Crippen LogP contribution is -2.24. The second kappa shape index (κ2) is 5.82. The standard InChI is InChI=1S/C17H16N6OS/c1-10-8-12(21-22(10)2)14-18-13-15(19-14)23(17(24)20-16(13)25)9-11-6-4-3-5-7-11/h3-8H,9H2,1-2H3,(H,18,19)(H,20,24,25). The summed E-state index contributed by atoms with van der Waals surface area (Å²) >= 11 is 5.29. The van der Waals surface area contributed by atoms with E-state index in [1.807, 2.05) is 50.4 Å². The molecule has 3 heterocycles. The molecule has 0 radical (unpaired) electrons. The Kier molecular flexibility index (Phi) is 3.61. The van der Waals surface area contributed by atoms with Crippen LogP contribution in [-0.4, -0.2) is 29.3 Å². The van der Waals surface area contributed by atoms with Gasteiger partial charge in [-0.1, -0.05) is 42.5 Å². The third kappa shape index (κ3) is 2.70. The van der Waals surface area contributed by atoms with Crippen molar-refractivity contribution in [3.05, 3.63) is 62.8 Å². The molecule has 25 heavy (non-hydrogen) atoms. The summed E-state index contributed by atoms with van der Waals surface area (Å²) in [5, 5.41) is 4.43. The monoisotopic (exact) mass is 352 g/mol. The van der Waals surface area contributed by atoms with Crippen LogP contribution in [0, 0.1) is 11.6 Å². The number of H-pyrrole nitrogens is 2. The van der Waals surface area contributed by atoms with Gasteiger partial charge in [-0.3, -0.25) is 14.2 Å². The van der Waals surface area contributed by atoms with E-state index in [1.165, 1.54) is 0 Å². The van der Waals surface area contributed by atoms with Gasteiger partial charge in [0.2, 0.25) is 0 Å². The van der Waals surface area contributed by atoms with Crippen molar-refractivity contribution < 1.29 is 0 Å². The van der Waals surface area contributed by atoms with Gasteiger partial charge in [-0.2, -0.15) is 5.10 Å². The fraction of sp³-hybridized carbons (Fsp3) is 0.176. The van der Waals surface area contributed by atoms with E-state index in [2.05, 4.69) is 20.1 Å². The van der Waals surface area contributed by atoms with Crippen molar-refractivity contribution >= 4 is 23.4 Å². The highest BCUT2D eigenvalue weighted by molar-refractivity contribution is 7.71.